The highest BCUT2D eigenvalue weighted by atomic mass is 19.2. The quantitative estimate of drug-likeness (QED) is 0.794. The molecule has 1 aromatic carbocycles. The fourth-order valence-corrected chi connectivity index (χ4v) is 1.59. The largest absolute Gasteiger partial charge is 0.326 e. The third kappa shape index (κ3) is 2.76. The number of benzene rings is 1. The number of rotatable bonds is 3. The van der Waals surface area contributed by atoms with E-state index < -0.39 is 17.5 Å². The maximum absolute atomic E-state index is 12.9. The first-order valence-corrected chi connectivity index (χ1v) is 5.21. The Balaban J connectivity index is 2.00. The van der Waals surface area contributed by atoms with Crippen LogP contribution in [-0.2, 0) is 4.79 Å². The van der Waals surface area contributed by atoms with Crippen molar-refractivity contribution in [2.75, 3.05) is 18.4 Å². The second-order valence-electron chi connectivity index (χ2n) is 4.03. The first kappa shape index (κ1) is 11.9. The summed E-state index contributed by atoms with van der Waals surface area (Å²) in [5, 5.41) is 5.34. The number of halogens is 3. The highest BCUT2D eigenvalue weighted by Gasteiger charge is 2.20. The molecule has 17 heavy (non-hydrogen) atoms. The summed E-state index contributed by atoms with van der Waals surface area (Å²) >= 11 is 0. The molecule has 0 radical (unpaired) electrons. The Hall–Kier alpha value is -1.56. The molecule has 1 amide bonds. The summed E-state index contributed by atoms with van der Waals surface area (Å²) in [7, 11) is 0. The van der Waals surface area contributed by atoms with Crippen LogP contribution in [0, 0.1) is 23.4 Å². The number of anilines is 1. The third-order valence-electron chi connectivity index (χ3n) is 2.61. The van der Waals surface area contributed by atoms with Crippen LogP contribution in [0.4, 0.5) is 18.9 Å². The van der Waals surface area contributed by atoms with Crippen molar-refractivity contribution < 1.29 is 18.0 Å². The Bertz CT molecular complexity index is 423. The molecule has 0 atom stereocenters. The summed E-state index contributed by atoms with van der Waals surface area (Å²) in [6, 6.07) is 1.52. The first-order valence-electron chi connectivity index (χ1n) is 5.21. The maximum atomic E-state index is 12.9. The Morgan fingerprint density at radius 1 is 1.29 bits per heavy atom. The summed E-state index contributed by atoms with van der Waals surface area (Å²) in [5.74, 6) is -4.24. The van der Waals surface area contributed by atoms with Crippen LogP contribution in [0.15, 0.2) is 12.1 Å². The van der Waals surface area contributed by atoms with E-state index in [4.69, 9.17) is 0 Å². The molecule has 0 spiro atoms. The van der Waals surface area contributed by atoms with E-state index in [1.54, 1.807) is 0 Å². The van der Waals surface area contributed by atoms with Crippen LogP contribution in [0.3, 0.4) is 0 Å². The van der Waals surface area contributed by atoms with Gasteiger partial charge in [0.25, 0.3) is 0 Å². The molecule has 0 unspecified atom stereocenters. The highest BCUT2D eigenvalue weighted by molar-refractivity contribution is 5.90. The molecule has 92 valence electrons. The van der Waals surface area contributed by atoms with Crippen LogP contribution < -0.4 is 10.6 Å². The van der Waals surface area contributed by atoms with Crippen molar-refractivity contribution in [1.29, 1.82) is 0 Å². The molecule has 2 N–H and O–H groups in total. The Kier molecular flexibility index (Phi) is 3.33. The molecule has 1 heterocycles. The minimum Gasteiger partial charge on any atom is -0.326 e. The van der Waals surface area contributed by atoms with E-state index in [9.17, 15) is 18.0 Å². The van der Waals surface area contributed by atoms with Gasteiger partial charge in [0.1, 0.15) is 0 Å². The molecule has 0 bridgehead atoms. The van der Waals surface area contributed by atoms with E-state index >= 15 is 0 Å². The topological polar surface area (TPSA) is 41.1 Å². The average molecular weight is 244 g/mol. The summed E-state index contributed by atoms with van der Waals surface area (Å²) in [4.78, 5) is 11.4. The predicted octanol–water partition coefficient (Wildman–Crippen LogP) is 1.65. The van der Waals surface area contributed by atoms with Crippen molar-refractivity contribution in [3.63, 3.8) is 0 Å². The normalized spacial score (nSPS) is 15.5. The van der Waals surface area contributed by atoms with Crippen molar-refractivity contribution in [3.05, 3.63) is 29.6 Å². The van der Waals surface area contributed by atoms with Gasteiger partial charge in [-0.15, -0.1) is 0 Å². The number of amides is 1. The van der Waals surface area contributed by atoms with Gasteiger partial charge in [0, 0.05) is 24.2 Å². The molecular formula is C11H11F3N2O. The van der Waals surface area contributed by atoms with E-state index in [1.165, 1.54) is 0 Å². The summed E-state index contributed by atoms with van der Waals surface area (Å²) in [6.45, 7) is 1.53. The lowest BCUT2D eigenvalue weighted by Gasteiger charge is -2.26. The lowest BCUT2D eigenvalue weighted by atomic mass is 9.99. The van der Waals surface area contributed by atoms with E-state index in [1.807, 2.05) is 0 Å². The minimum absolute atomic E-state index is 0.0707. The van der Waals surface area contributed by atoms with Gasteiger partial charge in [-0.2, -0.15) is 0 Å². The predicted molar refractivity (Wildman–Crippen MR) is 55.9 cm³/mol. The molecular weight excluding hydrogens is 233 g/mol. The zero-order valence-electron chi connectivity index (χ0n) is 8.90. The van der Waals surface area contributed by atoms with E-state index in [0.717, 1.165) is 25.2 Å². The summed E-state index contributed by atoms with van der Waals surface area (Å²) in [6.07, 6.45) is 0.285. The molecule has 1 aromatic rings. The van der Waals surface area contributed by atoms with Crippen molar-refractivity contribution in [1.82, 2.24) is 5.32 Å². The van der Waals surface area contributed by atoms with Crippen molar-refractivity contribution in [2.45, 2.75) is 6.42 Å². The van der Waals surface area contributed by atoms with Gasteiger partial charge < -0.3 is 10.6 Å². The second-order valence-corrected chi connectivity index (χ2v) is 4.03. The molecule has 6 heteroatoms. The number of hydrogen-bond donors (Lipinski definition) is 2. The molecule has 1 aliphatic heterocycles. The van der Waals surface area contributed by atoms with Crippen LogP contribution in [0.5, 0.6) is 0 Å². The van der Waals surface area contributed by atoms with E-state index in [0.29, 0.717) is 0 Å². The van der Waals surface area contributed by atoms with E-state index in [2.05, 4.69) is 10.6 Å². The lowest BCUT2D eigenvalue weighted by molar-refractivity contribution is -0.117. The number of hydrogen-bond acceptors (Lipinski definition) is 2. The Morgan fingerprint density at radius 3 is 2.35 bits per heavy atom. The number of carbonyl (C=O) groups excluding carboxylic acids is 1. The molecule has 2 rings (SSSR count). The fraction of sp³-hybridized carbons (Fsp3) is 0.364. The molecule has 1 aliphatic rings. The van der Waals surface area contributed by atoms with Gasteiger partial charge >= 0.3 is 0 Å². The zero-order chi connectivity index (χ0) is 12.4. The van der Waals surface area contributed by atoms with Gasteiger partial charge in [-0.25, -0.2) is 13.2 Å². The second kappa shape index (κ2) is 4.75. The molecule has 0 aliphatic carbocycles. The molecule has 3 nitrogen and oxygen atoms in total. The molecule has 1 fully saturated rings. The van der Waals surface area contributed by atoms with Crippen LogP contribution in [0.25, 0.3) is 0 Å². The monoisotopic (exact) mass is 244 g/mol. The van der Waals surface area contributed by atoms with Crippen LogP contribution in [-0.4, -0.2) is 19.0 Å². The molecule has 1 saturated heterocycles. The SMILES string of the molecule is O=C(CC1CNC1)Nc1cc(F)c(F)c(F)c1. The number of carbonyl (C=O) groups is 1. The fourth-order valence-electron chi connectivity index (χ4n) is 1.59. The number of nitrogens with one attached hydrogen (secondary N) is 2. The zero-order valence-corrected chi connectivity index (χ0v) is 8.90. The van der Waals surface area contributed by atoms with Crippen molar-refractivity contribution >= 4 is 11.6 Å². The van der Waals surface area contributed by atoms with Crippen molar-refractivity contribution in [3.8, 4) is 0 Å². The van der Waals surface area contributed by atoms with Gasteiger partial charge in [0.05, 0.1) is 0 Å². The highest BCUT2D eigenvalue weighted by Crippen LogP contribution is 2.18. The third-order valence-corrected chi connectivity index (χ3v) is 2.61. The molecule has 0 saturated carbocycles. The minimum atomic E-state index is -1.54. The van der Waals surface area contributed by atoms with Gasteiger partial charge in [-0.1, -0.05) is 0 Å². The maximum Gasteiger partial charge on any atom is 0.224 e. The Labute approximate surface area is 96.0 Å². The van der Waals surface area contributed by atoms with Gasteiger partial charge in [0.2, 0.25) is 5.91 Å². The lowest BCUT2D eigenvalue weighted by Crippen LogP contribution is -2.43. The summed E-state index contributed by atoms with van der Waals surface area (Å²) < 4.78 is 38.4. The Morgan fingerprint density at radius 2 is 1.88 bits per heavy atom. The van der Waals surface area contributed by atoms with Gasteiger partial charge in [-0.3, -0.25) is 4.79 Å². The van der Waals surface area contributed by atoms with Gasteiger partial charge in [-0.05, 0) is 19.0 Å². The first-order chi connectivity index (χ1) is 8.06. The van der Waals surface area contributed by atoms with Crippen LogP contribution >= 0.6 is 0 Å². The van der Waals surface area contributed by atoms with E-state index in [-0.39, 0.29) is 23.9 Å². The van der Waals surface area contributed by atoms with Crippen LogP contribution in [0.1, 0.15) is 6.42 Å². The molecule has 0 aromatic heterocycles. The average Bonchev–Trinajstić information content (AvgIpc) is 2.20. The standard InChI is InChI=1S/C11H11F3N2O/c12-8-2-7(3-9(13)11(8)14)16-10(17)1-6-4-15-5-6/h2-3,6,15H,1,4-5H2,(H,16,17). The smallest absolute Gasteiger partial charge is 0.224 e. The van der Waals surface area contributed by atoms with Gasteiger partial charge in [0.15, 0.2) is 17.5 Å². The van der Waals surface area contributed by atoms with Crippen LogP contribution in [0.2, 0.25) is 0 Å². The van der Waals surface area contributed by atoms with Crippen molar-refractivity contribution in [2.24, 2.45) is 5.92 Å². The summed E-state index contributed by atoms with van der Waals surface area (Å²) in [5.41, 5.74) is -0.0707.